The van der Waals surface area contributed by atoms with Crippen molar-refractivity contribution >= 4 is 5.78 Å². The lowest BCUT2D eigenvalue weighted by Crippen LogP contribution is -2.55. The summed E-state index contributed by atoms with van der Waals surface area (Å²) in [6, 6.07) is 0. The molecule has 0 aliphatic rings. The topological polar surface area (TPSA) is 43.1 Å². The van der Waals surface area contributed by atoms with E-state index in [2.05, 4.69) is 20.4 Å². The van der Waals surface area contributed by atoms with E-state index in [-0.39, 0.29) is 5.78 Å². The van der Waals surface area contributed by atoms with E-state index in [4.69, 9.17) is 5.73 Å². The van der Waals surface area contributed by atoms with E-state index < -0.39 is 11.0 Å². The quantitative estimate of drug-likeness (QED) is 0.271. The van der Waals surface area contributed by atoms with E-state index in [1.165, 1.54) is 57.8 Å². The summed E-state index contributed by atoms with van der Waals surface area (Å²) in [6.07, 6.45) is 14.8. The first-order chi connectivity index (χ1) is 11.2. The van der Waals surface area contributed by atoms with Gasteiger partial charge in [0.15, 0.2) is 5.78 Å². The number of ketones is 1. The molecule has 0 bridgehead atoms. The van der Waals surface area contributed by atoms with Crippen LogP contribution in [0, 0.1) is 5.41 Å². The Bertz CT molecular complexity index is 367. The second kappa shape index (κ2) is 11.8. The van der Waals surface area contributed by atoms with Gasteiger partial charge in [-0.25, -0.2) is 0 Å². The van der Waals surface area contributed by atoms with Crippen LogP contribution in [0.25, 0.3) is 0 Å². The van der Waals surface area contributed by atoms with E-state index in [0.29, 0.717) is 5.57 Å². The molecule has 1 atom stereocenters. The second-order valence-electron chi connectivity index (χ2n) is 8.20. The number of nitrogens with two attached hydrogens (primary N) is 1. The summed E-state index contributed by atoms with van der Waals surface area (Å²) in [5.74, 6) is 0.161. The normalized spacial score (nSPS) is 14.4. The predicted molar refractivity (Wildman–Crippen MR) is 107 cm³/mol. The van der Waals surface area contributed by atoms with E-state index in [9.17, 15) is 4.79 Å². The van der Waals surface area contributed by atoms with Gasteiger partial charge in [0, 0.05) is 5.54 Å². The standard InChI is InChI=1S/C22H43NO/c1-7-9-10-11-12-13-14-15-16-17-18-22(8-2,21(5,6)23)20(24)19(3)4/h3,7-18,23H2,1-2,4-6H3. The second-order valence-corrected chi connectivity index (χ2v) is 8.20. The summed E-state index contributed by atoms with van der Waals surface area (Å²) >= 11 is 0. The average molecular weight is 338 g/mol. The highest BCUT2D eigenvalue weighted by atomic mass is 16.1. The summed E-state index contributed by atoms with van der Waals surface area (Å²) in [4.78, 5) is 12.8. The van der Waals surface area contributed by atoms with Crippen LogP contribution in [-0.4, -0.2) is 11.3 Å². The van der Waals surface area contributed by atoms with Gasteiger partial charge in [0.2, 0.25) is 0 Å². The molecule has 142 valence electrons. The van der Waals surface area contributed by atoms with Crippen molar-refractivity contribution in [1.82, 2.24) is 0 Å². The highest BCUT2D eigenvalue weighted by Crippen LogP contribution is 2.41. The van der Waals surface area contributed by atoms with Crippen LogP contribution in [0.1, 0.15) is 112 Å². The maximum Gasteiger partial charge on any atom is 0.165 e. The first-order valence-corrected chi connectivity index (χ1v) is 10.2. The maximum atomic E-state index is 12.8. The zero-order valence-electron chi connectivity index (χ0n) is 17.2. The number of carbonyl (C=O) groups excluding carboxylic acids is 1. The molecule has 0 saturated carbocycles. The Hall–Kier alpha value is -0.630. The average Bonchev–Trinajstić information content (AvgIpc) is 2.51. The number of hydrogen-bond donors (Lipinski definition) is 1. The summed E-state index contributed by atoms with van der Waals surface area (Å²) in [7, 11) is 0. The van der Waals surface area contributed by atoms with Gasteiger partial charge in [-0.15, -0.1) is 0 Å². The highest BCUT2D eigenvalue weighted by Gasteiger charge is 2.46. The van der Waals surface area contributed by atoms with Crippen LogP contribution in [0.5, 0.6) is 0 Å². The third kappa shape index (κ3) is 7.51. The molecule has 0 radical (unpaired) electrons. The molecule has 0 fully saturated rings. The lowest BCUT2D eigenvalue weighted by atomic mass is 9.63. The Labute approximate surface area is 151 Å². The minimum atomic E-state index is -0.503. The summed E-state index contributed by atoms with van der Waals surface area (Å²) in [5, 5.41) is 0. The highest BCUT2D eigenvalue weighted by molar-refractivity contribution is 5.99. The van der Waals surface area contributed by atoms with Crippen LogP contribution in [-0.2, 0) is 4.79 Å². The number of unbranched alkanes of at least 4 members (excludes halogenated alkanes) is 9. The Morgan fingerprint density at radius 3 is 1.62 bits per heavy atom. The third-order valence-corrected chi connectivity index (χ3v) is 5.62. The van der Waals surface area contributed by atoms with Crippen molar-refractivity contribution in [1.29, 1.82) is 0 Å². The van der Waals surface area contributed by atoms with E-state index in [1.807, 2.05) is 20.8 Å². The van der Waals surface area contributed by atoms with Crippen LogP contribution in [0.3, 0.4) is 0 Å². The fourth-order valence-electron chi connectivity index (χ4n) is 3.84. The molecule has 0 aliphatic heterocycles. The molecule has 0 aromatic rings. The Kier molecular flexibility index (Phi) is 11.5. The van der Waals surface area contributed by atoms with Crippen LogP contribution in [0.4, 0.5) is 0 Å². The number of hydrogen-bond acceptors (Lipinski definition) is 2. The van der Waals surface area contributed by atoms with Crippen molar-refractivity contribution < 1.29 is 4.79 Å². The number of allylic oxidation sites excluding steroid dienone is 1. The van der Waals surface area contributed by atoms with Crippen molar-refractivity contribution in [3.05, 3.63) is 12.2 Å². The van der Waals surface area contributed by atoms with E-state index >= 15 is 0 Å². The molecule has 1 unspecified atom stereocenters. The zero-order chi connectivity index (χ0) is 18.6. The first kappa shape index (κ1) is 23.4. The molecule has 0 saturated heterocycles. The molecule has 2 nitrogen and oxygen atoms in total. The smallest absolute Gasteiger partial charge is 0.165 e. The lowest BCUT2D eigenvalue weighted by molar-refractivity contribution is -0.129. The molecule has 0 heterocycles. The molecule has 0 rings (SSSR count). The lowest BCUT2D eigenvalue weighted by Gasteiger charge is -2.43. The molecule has 2 N–H and O–H groups in total. The summed E-state index contributed by atoms with van der Waals surface area (Å²) in [5.41, 5.74) is 6.10. The van der Waals surface area contributed by atoms with E-state index in [1.54, 1.807) is 0 Å². The van der Waals surface area contributed by atoms with Gasteiger partial charge >= 0.3 is 0 Å². The van der Waals surface area contributed by atoms with Crippen LogP contribution in [0.15, 0.2) is 12.2 Å². The predicted octanol–water partition coefficient (Wildman–Crippen LogP) is 6.58. The largest absolute Gasteiger partial charge is 0.325 e. The summed E-state index contributed by atoms with van der Waals surface area (Å²) < 4.78 is 0. The van der Waals surface area contributed by atoms with Gasteiger partial charge in [0.05, 0.1) is 5.41 Å². The van der Waals surface area contributed by atoms with Gasteiger partial charge in [-0.05, 0) is 39.2 Å². The first-order valence-electron chi connectivity index (χ1n) is 10.2. The summed E-state index contributed by atoms with van der Waals surface area (Å²) in [6.45, 7) is 14.0. The van der Waals surface area contributed by atoms with Gasteiger partial charge in [-0.1, -0.05) is 84.6 Å². The van der Waals surface area contributed by atoms with Gasteiger partial charge in [-0.3, -0.25) is 4.79 Å². The zero-order valence-corrected chi connectivity index (χ0v) is 17.2. The van der Waals surface area contributed by atoms with Crippen LogP contribution in [0.2, 0.25) is 0 Å². The van der Waals surface area contributed by atoms with Crippen LogP contribution >= 0.6 is 0 Å². The SMILES string of the molecule is C=C(C)C(=O)C(CC)(CCCCCCCCCCCC)C(C)(C)N. The van der Waals surface area contributed by atoms with Crippen molar-refractivity contribution in [3.63, 3.8) is 0 Å². The van der Waals surface area contributed by atoms with Gasteiger partial charge in [0.25, 0.3) is 0 Å². The molecular weight excluding hydrogens is 294 g/mol. The molecule has 0 aliphatic carbocycles. The maximum absolute atomic E-state index is 12.8. The monoisotopic (exact) mass is 337 g/mol. The Morgan fingerprint density at radius 2 is 1.29 bits per heavy atom. The van der Waals surface area contributed by atoms with E-state index in [0.717, 1.165) is 19.3 Å². The molecule has 0 aromatic carbocycles. The van der Waals surface area contributed by atoms with Crippen molar-refractivity contribution in [2.45, 2.75) is 117 Å². The Balaban J connectivity index is 4.22. The van der Waals surface area contributed by atoms with Crippen molar-refractivity contribution in [3.8, 4) is 0 Å². The number of Topliss-reactive ketones (excluding diaryl/α,β-unsaturated/α-hetero) is 1. The van der Waals surface area contributed by atoms with Gasteiger partial charge < -0.3 is 5.73 Å². The van der Waals surface area contributed by atoms with Crippen molar-refractivity contribution in [2.24, 2.45) is 11.1 Å². The van der Waals surface area contributed by atoms with Gasteiger partial charge in [-0.2, -0.15) is 0 Å². The minimum Gasteiger partial charge on any atom is -0.325 e. The van der Waals surface area contributed by atoms with Crippen LogP contribution < -0.4 is 5.73 Å². The molecule has 2 heteroatoms. The molecule has 24 heavy (non-hydrogen) atoms. The molecule has 0 aromatic heterocycles. The molecule has 0 spiro atoms. The van der Waals surface area contributed by atoms with Gasteiger partial charge in [0.1, 0.15) is 0 Å². The fourth-order valence-corrected chi connectivity index (χ4v) is 3.84. The Morgan fingerprint density at radius 1 is 0.875 bits per heavy atom. The fraction of sp³-hybridized carbons (Fsp3) is 0.864. The molecule has 0 amide bonds. The number of carbonyl (C=O) groups is 1. The number of rotatable bonds is 15. The molecular formula is C22H43NO. The minimum absolute atomic E-state index is 0.161. The van der Waals surface area contributed by atoms with Crippen molar-refractivity contribution in [2.75, 3.05) is 0 Å². The third-order valence-electron chi connectivity index (χ3n) is 5.62.